The van der Waals surface area contributed by atoms with Gasteiger partial charge in [-0.15, -0.1) is 0 Å². The third-order valence-corrected chi connectivity index (χ3v) is 3.32. The smallest absolute Gasteiger partial charge is 0.120 e. The number of rotatable bonds is 4. The van der Waals surface area contributed by atoms with Crippen LogP contribution in [-0.4, -0.2) is 19.3 Å². The van der Waals surface area contributed by atoms with Gasteiger partial charge in [0.2, 0.25) is 0 Å². The molecule has 0 spiro atoms. The molecule has 2 rings (SSSR count). The van der Waals surface area contributed by atoms with E-state index in [1.807, 2.05) is 26.0 Å². The lowest BCUT2D eigenvalue weighted by Gasteiger charge is -2.28. The van der Waals surface area contributed by atoms with Crippen LogP contribution in [-0.2, 0) is 4.74 Å². The van der Waals surface area contributed by atoms with E-state index in [2.05, 4.69) is 12.1 Å². The van der Waals surface area contributed by atoms with Crippen molar-refractivity contribution >= 4 is 0 Å². The third kappa shape index (κ3) is 3.47. The molecule has 1 heterocycles. The van der Waals surface area contributed by atoms with Crippen LogP contribution in [0.15, 0.2) is 24.3 Å². The molecule has 18 heavy (non-hydrogen) atoms. The molecule has 1 aromatic carbocycles. The number of hydrogen-bond donors (Lipinski definition) is 1. The zero-order valence-electron chi connectivity index (χ0n) is 11.3. The Balaban J connectivity index is 2.06. The number of hydrogen-bond acceptors (Lipinski definition) is 3. The first-order valence-corrected chi connectivity index (χ1v) is 6.77. The summed E-state index contributed by atoms with van der Waals surface area (Å²) < 4.78 is 11.2. The summed E-state index contributed by atoms with van der Waals surface area (Å²) >= 11 is 0. The first-order chi connectivity index (χ1) is 8.66. The first kappa shape index (κ1) is 13.4. The van der Waals surface area contributed by atoms with Crippen LogP contribution in [0.4, 0.5) is 0 Å². The summed E-state index contributed by atoms with van der Waals surface area (Å²) in [6.45, 7) is 5.71. The van der Waals surface area contributed by atoms with Gasteiger partial charge in [0.15, 0.2) is 0 Å². The molecule has 0 aliphatic carbocycles. The van der Waals surface area contributed by atoms with Gasteiger partial charge in [-0.05, 0) is 44.4 Å². The van der Waals surface area contributed by atoms with Crippen LogP contribution in [0.5, 0.6) is 5.75 Å². The molecule has 2 unspecified atom stereocenters. The minimum Gasteiger partial charge on any atom is -0.491 e. The number of benzene rings is 1. The van der Waals surface area contributed by atoms with Crippen LogP contribution in [0.1, 0.15) is 38.3 Å². The highest BCUT2D eigenvalue weighted by Crippen LogP contribution is 2.28. The summed E-state index contributed by atoms with van der Waals surface area (Å²) in [5, 5.41) is 0. The molecule has 1 aromatic rings. The fourth-order valence-electron chi connectivity index (χ4n) is 2.39. The summed E-state index contributed by atoms with van der Waals surface area (Å²) in [6.07, 6.45) is 2.45. The zero-order valence-corrected chi connectivity index (χ0v) is 11.3. The molecular weight excluding hydrogens is 226 g/mol. The van der Waals surface area contributed by atoms with Crippen molar-refractivity contribution in [1.29, 1.82) is 0 Å². The van der Waals surface area contributed by atoms with Crippen molar-refractivity contribution in [3.05, 3.63) is 29.8 Å². The first-order valence-electron chi connectivity index (χ1n) is 6.77. The van der Waals surface area contributed by atoms with Crippen LogP contribution >= 0.6 is 0 Å². The van der Waals surface area contributed by atoms with Crippen LogP contribution < -0.4 is 10.5 Å². The highest BCUT2D eigenvalue weighted by molar-refractivity contribution is 5.31. The molecule has 1 aliphatic rings. The Morgan fingerprint density at radius 2 is 2.22 bits per heavy atom. The topological polar surface area (TPSA) is 44.5 Å². The van der Waals surface area contributed by atoms with Gasteiger partial charge in [-0.3, -0.25) is 0 Å². The molecule has 3 nitrogen and oxygen atoms in total. The summed E-state index contributed by atoms with van der Waals surface area (Å²) in [6, 6.07) is 8.16. The van der Waals surface area contributed by atoms with E-state index in [1.54, 1.807) is 0 Å². The second-order valence-electron chi connectivity index (χ2n) is 5.24. The Labute approximate surface area is 109 Å². The van der Waals surface area contributed by atoms with Gasteiger partial charge >= 0.3 is 0 Å². The standard InChI is InChI=1S/C15H23NO2/c1-11(2)18-14-7-3-5-12(9-14)15(16)13-6-4-8-17-10-13/h3,5,7,9,11,13,15H,4,6,8,10,16H2,1-2H3. The van der Waals surface area contributed by atoms with Crippen molar-refractivity contribution in [2.75, 3.05) is 13.2 Å². The maximum Gasteiger partial charge on any atom is 0.120 e. The minimum atomic E-state index is 0.0426. The summed E-state index contributed by atoms with van der Waals surface area (Å²) in [4.78, 5) is 0. The molecule has 0 amide bonds. The maximum absolute atomic E-state index is 6.33. The average molecular weight is 249 g/mol. The normalized spacial score (nSPS) is 21.9. The van der Waals surface area contributed by atoms with E-state index in [4.69, 9.17) is 15.2 Å². The lowest BCUT2D eigenvalue weighted by atomic mass is 9.89. The molecule has 0 saturated carbocycles. The molecule has 1 aliphatic heterocycles. The molecule has 2 N–H and O–H groups in total. The van der Waals surface area contributed by atoms with E-state index in [0.717, 1.165) is 37.4 Å². The lowest BCUT2D eigenvalue weighted by Crippen LogP contribution is -2.29. The maximum atomic E-state index is 6.33. The number of ether oxygens (including phenoxy) is 2. The molecule has 3 heteroatoms. The Bertz CT molecular complexity index is 373. The Kier molecular flexibility index (Phi) is 4.61. The predicted molar refractivity (Wildman–Crippen MR) is 72.7 cm³/mol. The molecule has 0 aromatic heterocycles. The van der Waals surface area contributed by atoms with Crippen molar-refractivity contribution < 1.29 is 9.47 Å². The van der Waals surface area contributed by atoms with Gasteiger partial charge in [-0.1, -0.05) is 12.1 Å². The van der Waals surface area contributed by atoms with Crippen LogP contribution in [0.3, 0.4) is 0 Å². The second-order valence-corrected chi connectivity index (χ2v) is 5.24. The third-order valence-electron chi connectivity index (χ3n) is 3.32. The van der Waals surface area contributed by atoms with E-state index in [1.165, 1.54) is 0 Å². The van der Waals surface area contributed by atoms with Crippen LogP contribution in [0, 0.1) is 5.92 Å². The minimum absolute atomic E-state index is 0.0426. The highest BCUT2D eigenvalue weighted by Gasteiger charge is 2.22. The molecule has 2 atom stereocenters. The lowest BCUT2D eigenvalue weighted by molar-refractivity contribution is 0.0447. The molecule has 0 radical (unpaired) electrons. The second kappa shape index (κ2) is 6.21. The van der Waals surface area contributed by atoms with E-state index < -0.39 is 0 Å². The number of nitrogens with two attached hydrogens (primary N) is 1. The van der Waals surface area contributed by atoms with Crippen molar-refractivity contribution in [1.82, 2.24) is 0 Å². The summed E-state index contributed by atoms with van der Waals surface area (Å²) in [7, 11) is 0. The molecule has 1 fully saturated rings. The van der Waals surface area contributed by atoms with Gasteiger partial charge in [0.1, 0.15) is 5.75 Å². The average Bonchev–Trinajstić information content (AvgIpc) is 2.38. The summed E-state index contributed by atoms with van der Waals surface area (Å²) in [5.74, 6) is 1.32. The Morgan fingerprint density at radius 3 is 2.89 bits per heavy atom. The predicted octanol–water partition coefficient (Wildman–Crippen LogP) is 2.90. The van der Waals surface area contributed by atoms with Crippen molar-refractivity contribution in [3.63, 3.8) is 0 Å². The Morgan fingerprint density at radius 1 is 1.39 bits per heavy atom. The summed E-state index contributed by atoms with van der Waals surface area (Å²) in [5.41, 5.74) is 7.48. The Hall–Kier alpha value is -1.06. The van der Waals surface area contributed by atoms with E-state index in [9.17, 15) is 0 Å². The molecule has 100 valence electrons. The molecule has 0 bridgehead atoms. The van der Waals surface area contributed by atoms with E-state index >= 15 is 0 Å². The van der Waals surface area contributed by atoms with Gasteiger partial charge in [0, 0.05) is 18.6 Å². The highest BCUT2D eigenvalue weighted by atomic mass is 16.5. The zero-order chi connectivity index (χ0) is 13.0. The van der Waals surface area contributed by atoms with Gasteiger partial charge in [0.25, 0.3) is 0 Å². The molecule has 1 saturated heterocycles. The van der Waals surface area contributed by atoms with Gasteiger partial charge in [-0.25, -0.2) is 0 Å². The SMILES string of the molecule is CC(C)Oc1cccc(C(N)C2CCCOC2)c1. The fourth-order valence-corrected chi connectivity index (χ4v) is 2.39. The van der Waals surface area contributed by atoms with Gasteiger partial charge in [0.05, 0.1) is 12.7 Å². The van der Waals surface area contributed by atoms with Gasteiger partial charge < -0.3 is 15.2 Å². The van der Waals surface area contributed by atoms with Gasteiger partial charge in [-0.2, -0.15) is 0 Å². The molecular formula is C15H23NO2. The van der Waals surface area contributed by atoms with Crippen molar-refractivity contribution in [3.8, 4) is 5.75 Å². The van der Waals surface area contributed by atoms with Crippen LogP contribution in [0.2, 0.25) is 0 Å². The largest absolute Gasteiger partial charge is 0.491 e. The monoisotopic (exact) mass is 249 g/mol. The van der Waals surface area contributed by atoms with Crippen LogP contribution in [0.25, 0.3) is 0 Å². The van der Waals surface area contributed by atoms with Crippen molar-refractivity contribution in [2.45, 2.75) is 38.8 Å². The fraction of sp³-hybridized carbons (Fsp3) is 0.600. The van der Waals surface area contributed by atoms with E-state index in [-0.39, 0.29) is 12.1 Å². The van der Waals surface area contributed by atoms with E-state index in [0.29, 0.717) is 5.92 Å². The van der Waals surface area contributed by atoms with Crippen molar-refractivity contribution in [2.24, 2.45) is 11.7 Å². The quantitative estimate of drug-likeness (QED) is 0.892.